The van der Waals surface area contributed by atoms with Crippen LogP contribution in [0.2, 0.25) is 5.02 Å². The number of piperidine rings is 1. The van der Waals surface area contributed by atoms with E-state index in [9.17, 15) is 14.7 Å². The van der Waals surface area contributed by atoms with E-state index in [1.165, 1.54) is 12.1 Å². The molecule has 0 spiro atoms. The number of phenols is 1. The zero-order valence-corrected chi connectivity index (χ0v) is 15.4. The molecule has 2 amide bonds. The summed E-state index contributed by atoms with van der Waals surface area (Å²) in [5.74, 6) is -0.303. The fourth-order valence-corrected chi connectivity index (χ4v) is 3.09. The van der Waals surface area contributed by atoms with Gasteiger partial charge in [0.2, 0.25) is 11.8 Å². The number of benzene rings is 1. The molecule has 1 aromatic carbocycles. The van der Waals surface area contributed by atoms with E-state index in [4.69, 9.17) is 17.3 Å². The summed E-state index contributed by atoms with van der Waals surface area (Å²) in [6.07, 6.45) is 2.01. The lowest BCUT2D eigenvalue weighted by Gasteiger charge is -2.34. The van der Waals surface area contributed by atoms with Crippen molar-refractivity contribution >= 4 is 29.1 Å². The number of aromatic hydroxyl groups is 1. The minimum absolute atomic E-state index is 0.0232. The summed E-state index contributed by atoms with van der Waals surface area (Å²) in [7, 11) is 0. The lowest BCUT2D eigenvalue weighted by atomic mass is 9.93. The van der Waals surface area contributed by atoms with Gasteiger partial charge in [0, 0.05) is 24.0 Å². The largest absolute Gasteiger partial charge is 0.506 e. The first-order valence-corrected chi connectivity index (χ1v) is 9.05. The number of anilines is 1. The molecule has 1 heterocycles. The molecule has 1 aliphatic heterocycles. The number of halogens is 1. The van der Waals surface area contributed by atoms with Crippen molar-refractivity contribution in [1.29, 1.82) is 0 Å². The monoisotopic (exact) mass is 367 g/mol. The van der Waals surface area contributed by atoms with E-state index >= 15 is 0 Å². The van der Waals surface area contributed by atoms with Gasteiger partial charge in [-0.2, -0.15) is 0 Å². The second-order valence-corrected chi connectivity index (χ2v) is 7.10. The van der Waals surface area contributed by atoms with Crippen molar-refractivity contribution in [2.45, 2.75) is 39.2 Å². The van der Waals surface area contributed by atoms with Gasteiger partial charge in [-0.3, -0.25) is 9.59 Å². The third-order valence-electron chi connectivity index (χ3n) is 4.94. The van der Waals surface area contributed by atoms with Crippen LogP contribution in [0.4, 0.5) is 5.69 Å². The van der Waals surface area contributed by atoms with Gasteiger partial charge in [-0.05, 0) is 37.0 Å². The normalized spacial score (nSPS) is 17.8. The lowest BCUT2D eigenvalue weighted by molar-refractivity contribution is -0.136. The van der Waals surface area contributed by atoms with E-state index in [0.29, 0.717) is 36.6 Å². The topological polar surface area (TPSA) is 95.7 Å². The molecule has 2 rings (SSSR count). The van der Waals surface area contributed by atoms with Gasteiger partial charge in [-0.25, -0.2) is 0 Å². The summed E-state index contributed by atoms with van der Waals surface area (Å²) in [5, 5.41) is 12.9. The minimum Gasteiger partial charge on any atom is -0.506 e. The molecule has 0 aliphatic carbocycles. The zero-order valence-electron chi connectivity index (χ0n) is 14.7. The van der Waals surface area contributed by atoms with Gasteiger partial charge in [-0.1, -0.05) is 31.9 Å². The standard InChI is InChI=1S/C18H26ClN3O3/c1-3-11(2)16(20)18(25)22-8-6-12(7-9-22)17(24)21-14-10-13(19)4-5-15(14)23/h4-5,10-12,16,23H,3,6-9,20H2,1-2H3,(H,21,24). The smallest absolute Gasteiger partial charge is 0.239 e. The number of rotatable bonds is 5. The summed E-state index contributed by atoms with van der Waals surface area (Å²) in [4.78, 5) is 26.6. The SMILES string of the molecule is CCC(C)C(N)C(=O)N1CCC(C(=O)Nc2cc(Cl)ccc2O)CC1. The Morgan fingerprint density at radius 2 is 2.04 bits per heavy atom. The van der Waals surface area contributed by atoms with Crippen LogP contribution < -0.4 is 11.1 Å². The maximum Gasteiger partial charge on any atom is 0.239 e. The highest BCUT2D eigenvalue weighted by Gasteiger charge is 2.31. The van der Waals surface area contributed by atoms with E-state index in [2.05, 4.69) is 5.32 Å². The number of carbonyl (C=O) groups is 2. The molecular formula is C18H26ClN3O3. The van der Waals surface area contributed by atoms with Crippen LogP contribution in [0.15, 0.2) is 18.2 Å². The Morgan fingerprint density at radius 1 is 1.40 bits per heavy atom. The molecule has 1 aliphatic rings. The highest BCUT2D eigenvalue weighted by atomic mass is 35.5. The quantitative estimate of drug-likeness (QED) is 0.697. The van der Waals surface area contributed by atoms with Gasteiger partial charge in [-0.15, -0.1) is 0 Å². The highest BCUT2D eigenvalue weighted by molar-refractivity contribution is 6.31. The lowest BCUT2D eigenvalue weighted by Crippen LogP contribution is -2.50. The fraction of sp³-hybridized carbons (Fsp3) is 0.556. The molecule has 1 fully saturated rings. The second-order valence-electron chi connectivity index (χ2n) is 6.66. The van der Waals surface area contributed by atoms with Crippen molar-refractivity contribution in [2.24, 2.45) is 17.6 Å². The number of nitrogens with one attached hydrogen (secondary N) is 1. The van der Waals surface area contributed by atoms with Crippen molar-refractivity contribution in [3.05, 3.63) is 23.2 Å². The van der Waals surface area contributed by atoms with E-state index in [-0.39, 0.29) is 29.4 Å². The number of hydrogen-bond donors (Lipinski definition) is 3. The number of amides is 2. The van der Waals surface area contributed by atoms with Crippen molar-refractivity contribution in [3.63, 3.8) is 0 Å². The van der Waals surface area contributed by atoms with Gasteiger partial charge < -0.3 is 21.1 Å². The average Bonchev–Trinajstić information content (AvgIpc) is 2.62. The average molecular weight is 368 g/mol. The van der Waals surface area contributed by atoms with Crippen LogP contribution in [0.25, 0.3) is 0 Å². The number of carbonyl (C=O) groups excluding carboxylic acids is 2. The number of nitrogens with zero attached hydrogens (tertiary/aromatic N) is 1. The van der Waals surface area contributed by atoms with Crippen LogP contribution in [-0.4, -0.2) is 41.0 Å². The molecule has 0 saturated carbocycles. The predicted octanol–water partition coefficient (Wildman–Crippen LogP) is 2.60. The molecule has 4 N–H and O–H groups in total. The van der Waals surface area contributed by atoms with E-state index in [1.807, 2.05) is 13.8 Å². The Labute approximate surface area is 153 Å². The Hall–Kier alpha value is -1.79. The minimum atomic E-state index is -0.487. The van der Waals surface area contributed by atoms with Crippen LogP contribution >= 0.6 is 11.6 Å². The zero-order chi connectivity index (χ0) is 18.6. The number of nitrogens with two attached hydrogens (primary N) is 1. The van der Waals surface area contributed by atoms with Gasteiger partial charge in [0.25, 0.3) is 0 Å². The molecule has 1 aromatic rings. The molecule has 0 bridgehead atoms. The Balaban J connectivity index is 1.90. The molecule has 1 saturated heterocycles. The van der Waals surface area contributed by atoms with E-state index < -0.39 is 6.04 Å². The van der Waals surface area contributed by atoms with Crippen molar-refractivity contribution in [3.8, 4) is 5.75 Å². The molecule has 6 nitrogen and oxygen atoms in total. The van der Waals surface area contributed by atoms with Crippen LogP contribution in [-0.2, 0) is 9.59 Å². The maximum absolute atomic E-state index is 12.4. The first-order valence-electron chi connectivity index (χ1n) is 8.67. The third-order valence-corrected chi connectivity index (χ3v) is 5.17. The highest BCUT2D eigenvalue weighted by Crippen LogP contribution is 2.28. The summed E-state index contributed by atoms with van der Waals surface area (Å²) in [6.45, 7) is 5.02. The van der Waals surface area contributed by atoms with Gasteiger partial charge in [0.1, 0.15) is 5.75 Å². The maximum atomic E-state index is 12.4. The Morgan fingerprint density at radius 3 is 2.64 bits per heavy atom. The molecule has 0 aromatic heterocycles. The molecule has 0 radical (unpaired) electrons. The Bertz CT molecular complexity index is 630. The second kappa shape index (κ2) is 8.54. The fourth-order valence-electron chi connectivity index (χ4n) is 2.91. The summed E-state index contributed by atoms with van der Waals surface area (Å²) in [6, 6.07) is 4.02. The first kappa shape index (κ1) is 19.5. The first-order chi connectivity index (χ1) is 11.8. The van der Waals surface area contributed by atoms with Crippen LogP contribution in [0.3, 0.4) is 0 Å². The number of phenolic OH excluding ortho intramolecular Hbond substituents is 1. The van der Waals surface area contributed by atoms with Gasteiger partial charge >= 0.3 is 0 Å². The van der Waals surface area contributed by atoms with Crippen molar-refractivity contribution in [1.82, 2.24) is 4.90 Å². The number of hydrogen-bond acceptors (Lipinski definition) is 4. The van der Waals surface area contributed by atoms with E-state index in [0.717, 1.165) is 6.42 Å². The van der Waals surface area contributed by atoms with Crippen LogP contribution in [0.1, 0.15) is 33.1 Å². The van der Waals surface area contributed by atoms with Crippen molar-refractivity contribution < 1.29 is 14.7 Å². The van der Waals surface area contributed by atoms with Gasteiger partial charge in [0.15, 0.2) is 0 Å². The molecule has 138 valence electrons. The van der Waals surface area contributed by atoms with Crippen molar-refractivity contribution in [2.75, 3.05) is 18.4 Å². The van der Waals surface area contributed by atoms with E-state index in [1.54, 1.807) is 11.0 Å². The summed E-state index contributed by atoms with van der Waals surface area (Å²) < 4.78 is 0. The molecular weight excluding hydrogens is 342 g/mol. The Kier molecular flexibility index (Phi) is 6.67. The molecule has 7 heteroatoms. The third kappa shape index (κ3) is 4.86. The summed E-state index contributed by atoms with van der Waals surface area (Å²) in [5.41, 5.74) is 6.32. The molecule has 25 heavy (non-hydrogen) atoms. The van der Waals surface area contributed by atoms with Gasteiger partial charge in [0.05, 0.1) is 11.7 Å². The summed E-state index contributed by atoms with van der Waals surface area (Å²) >= 11 is 5.89. The molecule has 2 unspecified atom stereocenters. The number of likely N-dealkylation sites (tertiary alicyclic amines) is 1. The molecule has 2 atom stereocenters. The predicted molar refractivity (Wildman–Crippen MR) is 98.5 cm³/mol. The van der Waals surface area contributed by atoms with Crippen LogP contribution in [0.5, 0.6) is 5.75 Å². The van der Waals surface area contributed by atoms with Crippen LogP contribution in [0, 0.1) is 11.8 Å².